The van der Waals surface area contributed by atoms with Crippen LogP contribution in [0.2, 0.25) is 0 Å². The molecule has 0 radical (unpaired) electrons. The van der Waals surface area contributed by atoms with Crippen molar-refractivity contribution >= 4 is 42.9 Å². The van der Waals surface area contributed by atoms with Gasteiger partial charge in [-0.1, -0.05) is 86.3 Å². The summed E-state index contributed by atoms with van der Waals surface area (Å²) in [5.74, 6) is 0.513. The lowest BCUT2D eigenvalue weighted by molar-refractivity contribution is 0.0439. The standard InChI is InChI=1S/C27H31FN5OPS.C10H22O.C3H8.C2H6/c1-4-14(3)20(22-15(10-29)26(30)36-25(22)19(28)5-2)21-18-13-34-12-17(18)16-11-31-27(32-23(16)24(21)35)33-8-6-7-9-33;1-4-7-8-10(6-3)11-9-5-2;1-3-2;1-2/h5,11,23H,4,6-9,12-13,30,35H2,1-3H3,(H,31,32);10H,4-9H2,1-3H3;3H2,1-2H3;1-2H3/b19-5+,20-14+;;;. The van der Waals surface area contributed by atoms with Crippen molar-refractivity contribution in [3.05, 3.63) is 61.5 Å². The molecule has 0 saturated carbocycles. The first-order valence-corrected chi connectivity index (χ1v) is 21.1. The third-order valence-corrected chi connectivity index (χ3v) is 10.9. The molecule has 1 aromatic rings. The highest BCUT2D eigenvalue weighted by Gasteiger charge is 2.39. The highest BCUT2D eigenvalue weighted by molar-refractivity contribution is 7.23. The zero-order valence-corrected chi connectivity index (χ0v) is 35.8. The molecule has 3 aliphatic heterocycles. The number of aliphatic imine (C=N–C) groups is 1. The van der Waals surface area contributed by atoms with E-state index in [1.54, 1.807) is 6.92 Å². The van der Waals surface area contributed by atoms with Crippen molar-refractivity contribution in [3.8, 4) is 6.07 Å². The van der Waals surface area contributed by atoms with Crippen LogP contribution >= 0.6 is 20.6 Å². The molecule has 4 aliphatic rings. The van der Waals surface area contributed by atoms with Gasteiger partial charge in [-0.25, -0.2) is 9.38 Å². The van der Waals surface area contributed by atoms with Crippen LogP contribution in [0.1, 0.15) is 143 Å². The summed E-state index contributed by atoms with van der Waals surface area (Å²) >= 11 is 1.13. The van der Waals surface area contributed by atoms with Gasteiger partial charge in [0.05, 0.1) is 29.8 Å². The molecule has 4 heterocycles. The fraction of sp³-hybridized carbons (Fsp3) is 0.619. The van der Waals surface area contributed by atoms with Crippen LogP contribution < -0.4 is 11.1 Å². The van der Waals surface area contributed by atoms with Gasteiger partial charge in [-0.15, -0.1) is 20.6 Å². The number of nitrogen functional groups attached to an aromatic ring is 1. The Balaban J connectivity index is 0.000000496. The Morgan fingerprint density at radius 1 is 1.17 bits per heavy atom. The molecule has 0 amide bonds. The average molecular weight is 756 g/mol. The Hall–Kier alpha value is -2.76. The second-order valence-electron chi connectivity index (χ2n) is 13.1. The van der Waals surface area contributed by atoms with Gasteiger partial charge in [-0.3, -0.25) is 0 Å². The molecule has 7 nitrogen and oxygen atoms in total. The smallest absolute Gasteiger partial charge is 0.198 e. The van der Waals surface area contributed by atoms with E-state index in [0.717, 1.165) is 101 Å². The summed E-state index contributed by atoms with van der Waals surface area (Å²) in [7, 11) is 2.92. The van der Waals surface area contributed by atoms with Crippen LogP contribution in [0.5, 0.6) is 0 Å². The number of likely N-dealkylation sites (tertiary alicyclic amines) is 1. The van der Waals surface area contributed by atoms with Gasteiger partial charge in [0.1, 0.15) is 22.9 Å². The molecule has 290 valence electrons. The Labute approximate surface area is 321 Å². The summed E-state index contributed by atoms with van der Waals surface area (Å²) in [6.07, 6.45) is 14.5. The molecular formula is C42H67FN5O2PS. The van der Waals surface area contributed by atoms with Crippen molar-refractivity contribution in [3.63, 3.8) is 0 Å². The monoisotopic (exact) mass is 755 g/mol. The summed E-state index contributed by atoms with van der Waals surface area (Å²) in [5, 5.41) is 14.8. The Kier molecular flexibility index (Phi) is 20.8. The van der Waals surface area contributed by atoms with Crippen molar-refractivity contribution in [1.82, 2.24) is 10.2 Å². The van der Waals surface area contributed by atoms with Crippen molar-refractivity contribution in [1.29, 1.82) is 5.26 Å². The lowest BCUT2D eigenvalue weighted by atomic mass is 9.78. The number of hydrogen-bond donors (Lipinski definition) is 2. The summed E-state index contributed by atoms with van der Waals surface area (Å²) < 4.78 is 26.8. The highest BCUT2D eigenvalue weighted by Crippen LogP contribution is 2.52. The quantitative estimate of drug-likeness (QED) is 0.218. The molecule has 0 aromatic carbocycles. The summed E-state index contributed by atoms with van der Waals surface area (Å²) in [6, 6.07) is 2.07. The maximum atomic E-state index is 15.2. The summed E-state index contributed by atoms with van der Waals surface area (Å²) in [6.45, 7) is 24.5. The minimum absolute atomic E-state index is 0.196. The minimum atomic E-state index is -0.375. The molecule has 3 unspecified atom stereocenters. The van der Waals surface area contributed by atoms with Crippen molar-refractivity contribution < 1.29 is 13.9 Å². The Bertz CT molecular complexity index is 1530. The molecule has 0 bridgehead atoms. The number of halogens is 1. The van der Waals surface area contributed by atoms with Gasteiger partial charge < -0.3 is 25.4 Å². The molecule has 1 aliphatic carbocycles. The third kappa shape index (κ3) is 11.1. The van der Waals surface area contributed by atoms with E-state index in [-0.39, 0.29) is 11.9 Å². The summed E-state index contributed by atoms with van der Waals surface area (Å²) in [5.41, 5.74) is 13.4. The predicted molar refractivity (Wildman–Crippen MR) is 226 cm³/mol. The second kappa shape index (κ2) is 23.8. The van der Waals surface area contributed by atoms with Gasteiger partial charge in [-0.05, 0) is 80.0 Å². The topological polar surface area (TPSA) is 95.9 Å². The van der Waals surface area contributed by atoms with Crippen molar-refractivity contribution in [2.24, 2.45) is 4.99 Å². The van der Waals surface area contributed by atoms with Crippen molar-refractivity contribution in [2.45, 2.75) is 139 Å². The van der Waals surface area contributed by atoms with Crippen LogP contribution in [0, 0.1) is 11.3 Å². The van der Waals surface area contributed by atoms with Crippen molar-refractivity contribution in [2.75, 3.05) is 38.6 Å². The largest absolute Gasteiger partial charge is 0.389 e. The maximum absolute atomic E-state index is 15.2. The third-order valence-electron chi connectivity index (χ3n) is 9.27. The van der Waals surface area contributed by atoms with E-state index >= 15 is 4.39 Å². The normalized spacial score (nSPS) is 18.9. The van der Waals surface area contributed by atoms with E-state index in [0.29, 0.717) is 40.3 Å². The minimum Gasteiger partial charge on any atom is -0.389 e. The average Bonchev–Trinajstić information content (AvgIpc) is 3.95. The van der Waals surface area contributed by atoms with E-state index in [2.05, 4.69) is 80.2 Å². The molecular weight excluding hydrogens is 689 g/mol. The highest BCUT2D eigenvalue weighted by atomic mass is 32.1. The van der Waals surface area contributed by atoms with Crippen LogP contribution in [0.15, 0.2) is 50.4 Å². The number of rotatable bonds is 11. The zero-order chi connectivity index (χ0) is 38.8. The van der Waals surface area contributed by atoms with E-state index in [1.165, 1.54) is 38.2 Å². The SMILES string of the molecule is C/C=C(/F)c1sc(N)c(C#N)c1/C(C1=C(P)C2N=C(N3CCCC3)NC=C2C2=C1COC2)=C(\C)CC.CC.CCC.CCCCC(CC)OCCC. The number of ether oxygens (including phenoxy) is 2. The van der Waals surface area contributed by atoms with Crippen LogP contribution in [-0.4, -0.2) is 55.9 Å². The number of nitrogens with two attached hydrogens (primary N) is 1. The maximum Gasteiger partial charge on any atom is 0.198 e. The number of nitriles is 1. The number of unbranched alkanes of at least 4 members (excludes halogenated alkanes) is 1. The van der Waals surface area contributed by atoms with Crippen LogP contribution in [0.3, 0.4) is 0 Å². The molecule has 3 atom stereocenters. The first kappa shape index (κ1) is 45.4. The van der Waals surface area contributed by atoms with Gasteiger partial charge in [0.2, 0.25) is 0 Å². The molecule has 0 spiro atoms. The van der Waals surface area contributed by atoms with Crippen LogP contribution in [0.25, 0.3) is 11.4 Å². The molecule has 1 aromatic heterocycles. The number of thiophene rings is 1. The lowest BCUT2D eigenvalue weighted by Gasteiger charge is -2.34. The fourth-order valence-corrected chi connectivity index (χ4v) is 8.07. The first-order chi connectivity index (χ1) is 25.2. The lowest BCUT2D eigenvalue weighted by Crippen LogP contribution is -2.42. The first-order valence-electron chi connectivity index (χ1n) is 19.7. The number of anilines is 1. The van der Waals surface area contributed by atoms with E-state index in [1.807, 2.05) is 13.8 Å². The molecule has 10 heteroatoms. The van der Waals surface area contributed by atoms with Gasteiger partial charge >= 0.3 is 0 Å². The number of guanidine groups is 1. The number of hydrogen-bond acceptors (Lipinski definition) is 8. The number of nitrogens with one attached hydrogen (secondary N) is 1. The predicted octanol–water partition coefficient (Wildman–Crippen LogP) is 11.3. The van der Waals surface area contributed by atoms with E-state index < -0.39 is 0 Å². The van der Waals surface area contributed by atoms with E-state index in [9.17, 15) is 5.26 Å². The Morgan fingerprint density at radius 3 is 2.38 bits per heavy atom. The molecule has 3 N–H and O–H groups in total. The van der Waals surface area contributed by atoms with Gasteiger partial charge in [-0.2, -0.15) is 5.26 Å². The second-order valence-corrected chi connectivity index (χ2v) is 14.8. The van der Waals surface area contributed by atoms with Gasteiger partial charge in [0.25, 0.3) is 0 Å². The van der Waals surface area contributed by atoms with Gasteiger partial charge in [0, 0.05) is 37.0 Å². The van der Waals surface area contributed by atoms with E-state index in [4.69, 9.17) is 20.2 Å². The number of allylic oxidation sites excluding steroid dienone is 3. The molecule has 52 heavy (non-hydrogen) atoms. The number of fused-ring (bicyclic) bond motifs is 2. The number of nitrogens with zero attached hydrogens (tertiary/aromatic N) is 3. The molecule has 1 saturated heterocycles. The summed E-state index contributed by atoms with van der Waals surface area (Å²) in [4.78, 5) is 7.85. The van der Waals surface area contributed by atoms with Crippen LogP contribution in [-0.2, 0) is 9.47 Å². The molecule has 1 fully saturated rings. The van der Waals surface area contributed by atoms with Crippen LogP contribution in [0.4, 0.5) is 9.39 Å². The molecule has 5 rings (SSSR count). The zero-order valence-electron chi connectivity index (χ0n) is 33.8. The Morgan fingerprint density at radius 2 is 1.83 bits per heavy atom. The van der Waals surface area contributed by atoms with Gasteiger partial charge in [0.15, 0.2) is 5.96 Å². The fourth-order valence-electron chi connectivity index (χ4n) is 6.51.